The molecule has 0 unspecified atom stereocenters. The fraction of sp³-hybridized carbons (Fsp3) is 1.00. The molecule has 1 radical (unpaired) electrons. The maximum atomic E-state index is 12.2. The fourth-order valence-corrected chi connectivity index (χ4v) is 2.36. The summed E-state index contributed by atoms with van der Waals surface area (Å²) in [7, 11) is -3.31. The molecule has 0 saturated carbocycles. The van der Waals surface area contributed by atoms with Gasteiger partial charge in [-0.15, -0.1) is 0 Å². The number of phosphoric acid groups is 1. The van der Waals surface area contributed by atoms with Gasteiger partial charge in [0.05, 0.1) is 19.8 Å². The quantitative estimate of drug-likeness (QED) is 0.340. The van der Waals surface area contributed by atoms with Crippen LogP contribution < -0.4 is 0 Å². The number of unbranched alkanes of at least 4 members (excludes halogenated alkanes) is 3. The Morgan fingerprint density at radius 1 is 0.722 bits per heavy atom. The number of hydrogen-bond donors (Lipinski definition) is 0. The Labute approximate surface area is 143 Å². The molecule has 0 aromatic rings. The first-order valence-corrected chi connectivity index (χ1v) is 8.18. The maximum Gasteiger partial charge on any atom is 0.474 e. The molecule has 0 atom stereocenters. The van der Waals surface area contributed by atoms with E-state index in [-0.39, 0.29) is 38.6 Å². The predicted octanol–water partition coefficient (Wildman–Crippen LogP) is 4.54. The fourth-order valence-electron chi connectivity index (χ4n) is 1.07. The van der Waals surface area contributed by atoms with Crippen LogP contribution in [0.5, 0.6) is 0 Å². The van der Waals surface area contributed by atoms with Crippen molar-refractivity contribution in [3.63, 3.8) is 0 Å². The normalized spacial score (nSPS) is 11.3. The molecule has 0 heterocycles. The molecule has 0 aromatic heterocycles. The van der Waals surface area contributed by atoms with Crippen molar-refractivity contribution in [3.8, 4) is 0 Å². The van der Waals surface area contributed by atoms with Crippen molar-refractivity contribution in [2.24, 2.45) is 0 Å². The van der Waals surface area contributed by atoms with Crippen LogP contribution in [0.1, 0.15) is 59.3 Å². The first kappa shape index (κ1) is 21.7. The van der Waals surface area contributed by atoms with Crippen molar-refractivity contribution in [1.29, 1.82) is 0 Å². The second kappa shape index (κ2) is 14.8. The second-order valence-corrected chi connectivity index (χ2v) is 5.68. The van der Waals surface area contributed by atoms with E-state index in [1.165, 1.54) is 0 Å². The summed E-state index contributed by atoms with van der Waals surface area (Å²) in [5.41, 5.74) is 0. The van der Waals surface area contributed by atoms with E-state index in [2.05, 4.69) is 20.8 Å². The van der Waals surface area contributed by atoms with Crippen molar-refractivity contribution in [2.75, 3.05) is 19.8 Å². The maximum absolute atomic E-state index is 12.2. The summed E-state index contributed by atoms with van der Waals surface area (Å²) in [5.74, 6) is 0. The SMILES string of the molecule is CCCCOP(=O)(OCCCC)OCCCC.[Tb]. The molecule has 0 N–H and O–H groups in total. The van der Waals surface area contributed by atoms with Crippen molar-refractivity contribution in [3.05, 3.63) is 0 Å². The molecule has 0 spiro atoms. The van der Waals surface area contributed by atoms with E-state index in [4.69, 9.17) is 13.6 Å². The molecule has 0 aromatic carbocycles. The van der Waals surface area contributed by atoms with Crippen molar-refractivity contribution in [2.45, 2.75) is 59.3 Å². The van der Waals surface area contributed by atoms with Crippen LogP contribution in [0.2, 0.25) is 0 Å². The van der Waals surface area contributed by atoms with Gasteiger partial charge in [0.1, 0.15) is 0 Å². The average Bonchev–Trinajstić information content (AvgIpc) is 2.30. The summed E-state index contributed by atoms with van der Waals surface area (Å²) in [6.07, 6.45) is 5.63. The number of rotatable bonds is 12. The Balaban J connectivity index is 0. The zero-order valence-corrected chi connectivity index (χ0v) is 14.8. The molecule has 4 nitrogen and oxygen atoms in total. The minimum Gasteiger partial charge on any atom is -0.287 e. The van der Waals surface area contributed by atoms with Crippen LogP contribution in [0, 0.1) is 38.6 Å². The van der Waals surface area contributed by atoms with Gasteiger partial charge in [-0.25, -0.2) is 4.57 Å². The standard InChI is InChI=1S/C12H27O4P.Tb/c1-4-7-10-14-17(13,15-11-8-5-2)16-12-9-6-3;/h4-12H2,1-3H3;. The van der Waals surface area contributed by atoms with Gasteiger partial charge in [-0.1, -0.05) is 40.0 Å². The third-order valence-electron chi connectivity index (χ3n) is 2.24. The first-order chi connectivity index (χ1) is 8.18. The third-order valence-corrected chi connectivity index (χ3v) is 3.74. The summed E-state index contributed by atoms with van der Waals surface area (Å²) in [4.78, 5) is 0. The van der Waals surface area contributed by atoms with Crippen molar-refractivity contribution < 1.29 is 56.7 Å². The largest absolute Gasteiger partial charge is 0.474 e. The van der Waals surface area contributed by atoms with E-state index < -0.39 is 7.82 Å². The van der Waals surface area contributed by atoms with Gasteiger partial charge in [0.15, 0.2) is 0 Å². The van der Waals surface area contributed by atoms with E-state index in [1.807, 2.05) is 0 Å². The molecule has 0 rings (SSSR count). The second-order valence-electron chi connectivity index (χ2n) is 4.01. The van der Waals surface area contributed by atoms with Crippen LogP contribution >= 0.6 is 7.82 Å². The average molecular weight is 425 g/mol. The van der Waals surface area contributed by atoms with E-state index in [1.54, 1.807) is 0 Å². The van der Waals surface area contributed by atoms with E-state index in [9.17, 15) is 4.57 Å². The Morgan fingerprint density at radius 2 is 1.00 bits per heavy atom. The molecule has 0 fully saturated rings. The molecule has 18 heavy (non-hydrogen) atoms. The molecular formula is C12H27O4PTb. The summed E-state index contributed by atoms with van der Waals surface area (Å²) < 4.78 is 28.0. The zero-order valence-electron chi connectivity index (χ0n) is 11.8. The Bertz CT molecular complexity index is 181. The summed E-state index contributed by atoms with van der Waals surface area (Å²) in [6.45, 7) is 7.49. The Kier molecular flexibility index (Phi) is 17.8. The molecule has 0 amide bonds. The molecule has 0 saturated heterocycles. The van der Waals surface area contributed by atoms with Gasteiger partial charge in [-0.05, 0) is 19.3 Å². The number of phosphoric ester groups is 1. The van der Waals surface area contributed by atoms with E-state index >= 15 is 0 Å². The summed E-state index contributed by atoms with van der Waals surface area (Å²) in [5, 5.41) is 0. The predicted molar refractivity (Wildman–Crippen MR) is 70.2 cm³/mol. The van der Waals surface area contributed by atoms with Gasteiger partial charge < -0.3 is 0 Å². The van der Waals surface area contributed by atoms with Crippen LogP contribution in [0.4, 0.5) is 0 Å². The van der Waals surface area contributed by atoms with Crippen molar-refractivity contribution in [1.82, 2.24) is 0 Å². The first-order valence-electron chi connectivity index (χ1n) is 6.72. The van der Waals surface area contributed by atoms with Gasteiger partial charge in [0.25, 0.3) is 0 Å². The molecule has 6 heteroatoms. The molecule has 113 valence electrons. The molecular weight excluding hydrogens is 398 g/mol. The van der Waals surface area contributed by atoms with Gasteiger partial charge in [0.2, 0.25) is 0 Å². The molecule has 0 aliphatic carbocycles. The summed E-state index contributed by atoms with van der Waals surface area (Å²) >= 11 is 0. The van der Waals surface area contributed by atoms with Gasteiger partial charge >= 0.3 is 7.82 Å². The minimum absolute atomic E-state index is 0. The molecule has 0 aliphatic rings. The van der Waals surface area contributed by atoms with Crippen LogP contribution in [0.3, 0.4) is 0 Å². The van der Waals surface area contributed by atoms with Gasteiger partial charge in [-0.3, -0.25) is 13.6 Å². The van der Waals surface area contributed by atoms with Crippen LogP contribution in [0.15, 0.2) is 0 Å². The van der Waals surface area contributed by atoms with Crippen molar-refractivity contribution >= 4 is 7.82 Å². The Morgan fingerprint density at radius 3 is 1.22 bits per heavy atom. The van der Waals surface area contributed by atoms with Gasteiger partial charge in [0, 0.05) is 38.6 Å². The molecule has 0 aliphatic heterocycles. The minimum atomic E-state index is -3.31. The van der Waals surface area contributed by atoms with Crippen LogP contribution in [0.25, 0.3) is 0 Å². The zero-order chi connectivity index (χ0) is 13.0. The third kappa shape index (κ3) is 12.4. The van der Waals surface area contributed by atoms with Crippen LogP contribution in [-0.4, -0.2) is 19.8 Å². The topological polar surface area (TPSA) is 44.8 Å². The monoisotopic (exact) mass is 425 g/mol. The number of hydrogen-bond acceptors (Lipinski definition) is 4. The smallest absolute Gasteiger partial charge is 0.287 e. The van der Waals surface area contributed by atoms with Gasteiger partial charge in [-0.2, -0.15) is 0 Å². The van der Waals surface area contributed by atoms with E-state index in [0.29, 0.717) is 19.8 Å². The Hall–Kier alpha value is 1.40. The summed E-state index contributed by atoms with van der Waals surface area (Å²) in [6, 6.07) is 0. The van der Waals surface area contributed by atoms with E-state index in [0.717, 1.165) is 38.5 Å². The molecule has 0 bridgehead atoms. The van der Waals surface area contributed by atoms with Crippen LogP contribution in [-0.2, 0) is 18.1 Å².